The fraction of sp³-hybridized carbons (Fsp3) is 0.538. The summed E-state index contributed by atoms with van der Waals surface area (Å²) < 4.78 is 1.61. The van der Waals surface area contributed by atoms with Crippen LogP contribution < -0.4 is 5.56 Å². The zero-order valence-electron chi connectivity index (χ0n) is 9.98. The van der Waals surface area contributed by atoms with Crippen molar-refractivity contribution in [3.63, 3.8) is 0 Å². The molecule has 17 heavy (non-hydrogen) atoms. The Balaban J connectivity index is 2.46. The van der Waals surface area contributed by atoms with E-state index in [9.17, 15) is 9.59 Å². The van der Waals surface area contributed by atoms with Crippen molar-refractivity contribution in [2.75, 3.05) is 0 Å². The van der Waals surface area contributed by atoms with Gasteiger partial charge in [0.15, 0.2) is 0 Å². The molecule has 0 saturated heterocycles. The molecule has 1 aliphatic carbocycles. The number of hydrogen-bond donors (Lipinski definition) is 1. The van der Waals surface area contributed by atoms with E-state index in [1.807, 2.05) is 6.92 Å². The average molecular weight is 235 g/mol. The molecule has 1 fully saturated rings. The quantitative estimate of drug-likeness (QED) is 0.855. The minimum absolute atomic E-state index is 0.112. The molecule has 1 aromatic rings. The Morgan fingerprint density at radius 1 is 1.29 bits per heavy atom. The van der Waals surface area contributed by atoms with Gasteiger partial charge in [-0.15, -0.1) is 0 Å². The molecule has 4 nitrogen and oxygen atoms in total. The van der Waals surface area contributed by atoms with Gasteiger partial charge in [0.2, 0.25) is 0 Å². The van der Waals surface area contributed by atoms with Gasteiger partial charge in [0.1, 0.15) is 0 Å². The van der Waals surface area contributed by atoms with Crippen LogP contribution in [0.3, 0.4) is 0 Å². The van der Waals surface area contributed by atoms with Gasteiger partial charge >= 0.3 is 5.97 Å². The lowest BCUT2D eigenvalue weighted by atomic mass is 9.83. The molecule has 1 heterocycles. The van der Waals surface area contributed by atoms with E-state index in [0.29, 0.717) is 0 Å². The Labute approximate surface area is 99.9 Å². The van der Waals surface area contributed by atoms with Crippen molar-refractivity contribution >= 4 is 5.97 Å². The number of carboxylic acids is 1. The largest absolute Gasteiger partial charge is 0.478 e. The molecule has 1 N–H and O–H groups in total. The van der Waals surface area contributed by atoms with Gasteiger partial charge in [-0.2, -0.15) is 0 Å². The van der Waals surface area contributed by atoms with Crippen molar-refractivity contribution in [3.8, 4) is 0 Å². The minimum atomic E-state index is -0.988. The summed E-state index contributed by atoms with van der Waals surface area (Å²) in [5, 5.41) is 8.97. The lowest BCUT2D eigenvalue weighted by molar-refractivity contribution is 0.0694. The maximum absolute atomic E-state index is 11.9. The molecule has 0 atom stereocenters. The first-order valence-corrected chi connectivity index (χ1v) is 5.99. The Kier molecular flexibility index (Phi) is 3.05. The highest BCUT2D eigenvalue weighted by Gasteiger charge is 2.29. The molecule has 1 aliphatic rings. The van der Waals surface area contributed by atoms with E-state index >= 15 is 0 Å². The molecular weight excluding hydrogens is 218 g/mol. The van der Waals surface area contributed by atoms with Crippen molar-refractivity contribution in [2.24, 2.45) is 0 Å². The minimum Gasteiger partial charge on any atom is -0.478 e. The number of rotatable bonds is 2. The molecule has 1 saturated carbocycles. The lowest BCUT2D eigenvalue weighted by Crippen LogP contribution is -2.40. The molecule has 2 rings (SSSR count). The summed E-state index contributed by atoms with van der Waals surface area (Å²) in [7, 11) is 0. The number of aromatic carboxylic acids is 1. The molecule has 0 radical (unpaired) electrons. The van der Waals surface area contributed by atoms with Crippen molar-refractivity contribution < 1.29 is 9.90 Å². The van der Waals surface area contributed by atoms with Crippen molar-refractivity contribution in [1.29, 1.82) is 0 Å². The number of carbonyl (C=O) groups is 1. The summed E-state index contributed by atoms with van der Waals surface area (Å²) in [6, 6.07) is 2.72. The van der Waals surface area contributed by atoms with E-state index in [4.69, 9.17) is 5.11 Å². The van der Waals surface area contributed by atoms with Crippen molar-refractivity contribution in [2.45, 2.75) is 44.6 Å². The normalized spacial score (nSPS) is 18.9. The number of pyridine rings is 1. The second-order valence-corrected chi connectivity index (χ2v) is 4.99. The Hall–Kier alpha value is -1.58. The van der Waals surface area contributed by atoms with E-state index in [0.717, 1.165) is 25.7 Å². The van der Waals surface area contributed by atoms with Crippen LogP contribution in [-0.4, -0.2) is 15.6 Å². The van der Waals surface area contributed by atoms with Gasteiger partial charge in [-0.1, -0.05) is 19.3 Å². The highest BCUT2D eigenvalue weighted by molar-refractivity contribution is 5.87. The number of aromatic nitrogens is 1. The summed E-state index contributed by atoms with van der Waals surface area (Å²) in [6.45, 7) is 2.04. The highest BCUT2D eigenvalue weighted by Crippen LogP contribution is 2.33. The van der Waals surface area contributed by atoms with E-state index in [2.05, 4.69) is 0 Å². The standard InChI is InChI=1S/C13H17NO3/c1-13(7-3-2-4-8-13)14-9-10(12(16)17)5-6-11(14)15/h5-6,9H,2-4,7-8H2,1H3,(H,16,17). The van der Waals surface area contributed by atoms with Crippen LogP contribution in [0, 0.1) is 0 Å². The molecular formula is C13H17NO3. The maximum Gasteiger partial charge on any atom is 0.337 e. The van der Waals surface area contributed by atoms with Crippen molar-refractivity contribution in [1.82, 2.24) is 4.57 Å². The highest BCUT2D eigenvalue weighted by atomic mass is 16.4. The van der Waals surface area contributed by atoms with Crippen LogP contribution in [0.4, 0.5) is 0 Å². The first-order chi connectivity index (χ1) is 8.03. The van der Waals surface area contributed by atoms with Gasteiger partial charge in [-0.05, 0) is 25.8 Å². The zero-order valence-corrected chi connectivity index (χ0v) is 9.98. The van der Waals surface area contributed by atoms with Gasteiger partial charge < -0.3 is 9.67 Å². The first kappa shape index (κ1) is 11.9. The Bertz CT molecular complexity index is 484. The van der Waals surface area contributed by atoms with Crippen LogP contribution in [0.2, 0.25) is 0 Å². The maximum atomic E-state index is 11.9. The molecule has 0 aromatic carbocycles. The summed E-state index contributed by atoms with van der Waals surface area (Å²) in [5.41, 5.74) is -0.156. The molecule has 92 valence electrons. The fourth-order valence-electron chi connectivity index (χ4n) is 2.59. The number of carboxylic acid groups (broad SMARTS) is 1. The smallest absolute Gasteiger partial charge is 0.337 e. The fourth-order valence-corrected chi connectivity index (χ4v) is 2.59. The molecule has 0 aliphatic heterocycles. The van der Waals surface area contributed by atoms with Crippen LogP contribution in [0.25, 0.3) is 0 Å². The van der Waals surface area contributed by atoms with E-state index in [-0.39, 0.29) is 16.7 Å². The number of hydrogen-bond acceptors (Lipinski definition) is 2. The second-order valence-electron chi connectivity index (χ2n) is 4.99. The summed E-state index contributed by atoms with van der Waals surface area (Å²) >= 11 is 0. The molecule has 0 unspecified atom stereocenters. The SMILES string of the molecule is CC1(n2cc(C(=O)O)ccc2=O)CCCCC1. The van der Waals surface area contributed by atoms with Crippen LogP contribution in [0.15, 0.2) is 23.1 Å². The number of nitrogens with zero attached hydrogens (tertiary/aromatic N) is 1. The predicted molar refractivity (Wildman–Crippen MR) is 64.4 cm³/mol. The van der Waals surface area contributed by atoms with Gasteiger partial charge in [0.05, 0.1) is 5.56 Å². The summed E-state index contributed by atoms with van der Waals surface area (Å²) in [6.07, 6.45) is 6.76. The molecule has 0 amide bonds. The summed E-state index contributed by atoms with van der Waals surface area (Å²) in [4.78, 5) is 22.8. The lowest BCUT2D eigenvalue weighted by Gasteiger charge is -2.35. The van der Waals surface area contributed by atoms with Gasteiger partial charge in [-0.3, -0.25) is 4.79 Å². The third kappa shape index (κ3) is 2.25. The van der Waals surface area contributed by atoms with E-state index in [1.54, 1.807) is 4.57 Å². The third-order valence-electron chi connectivity index (χ3n) is 3.67. The molecule has 0 spiro atoms. The van der Waals surface area contributed by atoms with Crippen LogP contribution >= 0.6 is 0 Å². The van der Waals surface area contributed by atoms with Gasteiger partial charge in [0, 0.05) is 17.8 Å². The Morgan fingerprint density at radius 3 is 2.53 bits per heavy atom. The average Bonchev–Trinajstić information content (AvgIpc) is 2.30. The topological polar surface area (TPSA) is 59.3 Å². The van der Waals surface area contributed by atoms with Gasteiger partial charge in [0.25, 0.3) is 5.56 Å². The van der Waals surface area contributed by atoms with Crippen LogP contribution in [0.1, 0.15) is 49.4 Å². The van der Waals surface area contributed by atoms with Gasteiger partial charge in [-0.25, -0.2) is 4.79 Å². The molecule has 4 heteroatoms. The van der Waals surface area contributed by atoms with E-state index in [1.165, 1.54) is 24.8 Å². The van der Waals surface area contributed by atoms with E-state index < -0.39 is 5.97 Å². The molecule has 0 bridgehead atoms. The Morgan fingerprint density at radius 2 is 1.94 bits per heavy atom. The van der Waals surface area contributed by atoms with Crippen LogP contribution in [0.5, 0.6) is 0 Å². The first-order valence-electron chi connectivity index (χ1n) is 5.99. The molecule has 1 aromatic heterocycles. The predicted octanol–water partition coefficient (Wildman–Crippen LogP) is 2.23. The van der Waals surface area contributed by atoms with Crippen molar-refractivity contribution in [3.05, 3.63) is 34.2 Å². The summed E-state index contributed by atoms with van der Waals surface area (Å²) in [5.74, 6) is -0.988. The third-order valence-corrected chi connectivity index (χ3v) is 3.67. The van der Waals surface area contributed by atoms with Crippen LogP contribution in [-0.2, 0) is 5.54 Å². The second kappa shape index (κ2) is 4.35. The zero-order chi connectivity index (χ0) is 12.5. The monoisotopic (exact) mass is 235 g/mol.